The van der Waals surface area contributed by atoms with Gasteiger partial charge in [0.15, 0.2) is 0 Å². The maximum Gasteiger partial charge on any atom is 0.248 e. The summed E-state index contributed by atoms with van der Waals surface area (Å²) in [6, 6.07) is 11.3. The fourth-order valence-corrected chi connectivity index (χ4v) is 2.36. The Morgan fingerprint density at radius 1 is 1.10 bits per heavy atom. The monoisotopic (exact) mass is 283 g/mol. The smallest absolute Gasteiger partial charge is 0.248 e. The molecular weight excluding hydrogens is 262 g/mol. The number of nitrogens with one attached hydrogen (secondary N) is 1. The van der Waals surface area contributed by atoms with E-state index in [9.17, 15) is 4.79 Å². The van der Waals surface area contributed by atoms with Crippen molar-refractivity contribution in [2.45, 2.75) is 26.7 Å². The minimum atomic E-state index is -0.461. The molecule has 21 heavy (non-hydrogen) atoms. The van der Waals surface area contributed by atoms with Gasteiger partial charge in [-0.05, 0) is 42.2 Å². The molecule has 0 aliphatic heterocycles. The van der Waals surface area contributed by atoms with E-state index in [1.807, 2.05) is 0 Å². The Kier molecular flexibility index (Phi) is 4.48. The summed E-state index contributed by atoms with van der Waals surface area (Å²) in [6.07, 6.45) is 1.84. The molecule has 0 radical (unpaired) electrons. The summed E-state index contributed by atoms with van der Waals surface area (Å²) in [7, 11) is 0. The molecule has 0 aliphatic rings. The van der Waals surface area contributed by atoms with Crippen molar-refractivity contribution in [1.82, 2.24) is 0 Å². The first kappa shape index (κ1) is 14.9. The number of carbonyl (C=O) groups excluding carboxylic acids is 1. The third kappa shape index (κ3) is 3.16. The van der Waals surface area contributed by atoms with Crippen molar-refractivity contribution in [2.75, 3.05) is 11.1 Å². The number of nitrogen functional groups attached to an aromatic ring is 1. The number of hydrogen-bond acceptors (Lipinski definition) is 3. The number of hydrogen-bond donors (Lipinski definition) is 3. The van der Waals surface area contributed by atoms with Crippen LogP contribution in [0.15, 0.2) is 36.4 Å². The van der Waals surface area contributed by atoms with Gasteiger partial charge in [0.2, 0.25) is 5.91 Å². The molecule has 4 nitrogen and oxygen atoms in total. The van der Waals surface area contributed by atoms with Crippen LogP contribution < -0.4 is 16.8 Å². The molecule has 1 amide bonds. The standard InChI is InChI=1S/C17H21N3O/c1-3-11-6-5-7-12(4-2)16(11)20-15-10-13(17(19)21)8-9-14(15)18/h5-10,20H,3-4,18H2,1-2H3,(H2,19,21). The summed E-state index contributed by atoms with van der Waals surface area (Å²) in [5.74, 6) is -0.461. The molecule has 5 N–H and O–H groups in total. The second-order valence-electron chi connectivity index (χ2n) is 4.95. The lowest BCUT2D eigenvalue weighted by Gasteiger charge is -2.17. The number of nitrogens with two attached hydrogens (primary N) is 2. The van der Waals surface area contributed by atoms with Gasteiger partial charge in [-0.3, -0.25) is 4.79 Å². The van der Waals surface area contributed by atoms with E-state index in [4.69, 9.17) is 11.5 Å². The zero-order chi connectivity index (χ0) is 15.4. The van der Waals surface area contributed by atoms with E-state index in [1.165, 1.54) is 11.1 Å². The second-order valence-corrected chi connectivity index (χ2v) is 4.95. The van der Waals surface area contributed by atoms with E-state index in [0.29, 0.717) is 16.9 Å². The van der Waals surface area contributed by atoms with Gasteiger partial charge in [-0.25, -0.2) is 0 Å². The molecular formula is C17H21N3O. The van der Waals surface area contributed by atoms with Crippen LogP contribution in [-0.4, -0.2) is 5.91 Å². The van der Waals surface area contributed by atoms with Crippen LogP contribution in [0.25, 0.3) is 0 Å². The van der Waals surface area contributed by atoms with E-state index in [0.717, 1.165) is 18.5 Å². The Labute approximate surface area is 125 Å². The van der Waals surface area contributed by atoms with Crippen LogP contribution in [0.1, 0.15) is 35.3 Å². The Bertz CT molecular complexity index is 643. The van der Waals surface area contributed by atoms with Crippen LogP contribution in [0.3, 0.4) is 0 Å². The summed E-state index contributed by atoms with van der Waals surface area (Å²) >= 11 is 0. The molecule has 0 aliphatic carbocycles. The second kappa shape index (κ2) is 6.31. The van der Waals surface area contributed by atoms with E-state index in [2.05, 4.69) is 37.4 Å². The number of amides is 1. The lowest BCUT2D eigenvalue weighted by Crippen LogP contribution is -2.12. The van der Waals surface area contributed by atoms with Gasteiger partial charge in [0.05, 0.1) is 11.4 Å². The largest absolute Gasteiger partial charge is 0.397 e. The predicted molar refractivity (Wildman–Crippen MR) is 87.9 cm³/mol. The molecule has 0 heterocycles. The highest BCUT2D eigenvalue weighted by molar-refractivity contribution is 5.95. The highest BCUT2D eigenvalue weighted by Crippen LogP contribution is 2.30. The van der Waals surface area contributed by atoms with Crippen molar-refractivity contribution < 1.29 is 4.79 Å². The van der Waals surface area contributed by atoms with E-state index < -0.39 is 5.91 Å². The third-order valence-corrected chi connectivity index (χ3v) is 3.60. The molecule has 2 aromatic carbocycles. The van der Waals surface area contributed by atoms with Crippen molar-refractivity contribution in [2.24, 2.45) is 5.73 Å². The molecule has 2 rings (SSSR count). The van der Waals surface area contributed by atoms with Crippen molar-refractivity contribution in [3.05, 3.63) is 53.1 Å². The summed E-state index contributed by atoms with van der Waals surface area (Å²) in [5, 5.41) is 3.37. The number of benzene rings is 2. The number of rotatable bonds is 5. The quantitative estimate of drug-likeness (QED) is 0.737. The summed E-state index contributed by atoms with van der Waals surface area (Å²) in [6.45, 7) is 4.23. The first-order chi connectivity index (χ1) is 10.1. The van der Waals surface area contributed by atoms with Crippen molar-refractivity contribution in [1.29, 1.82) is 0 Å². The van der Waals surface area contributed by atoms with Gasteiger partial charge in [0.25, 0.3) is 0 Å². The summed E-state index contributed by atoms with van der Waals surface area (Å²) in [5.41, 5.74) is 16.6. The molecule has 0 bridgehead atoms. The Morgan fingerprint density at radius 3 is 2.24 bits per heavy atom. The van der Waals surface area contributed by atoms with Gasteiger partial charge in [-0.15, -0.1) is 0 Å². The first-order valence-corrected chi connectivity index (χ1v) is 7.13. The summed E-state index contributed by atoms with van der Waals surface area (Å²) < 4.78 is 0. The normalized spacial score (nSPS) is 10.4. The Hall–Kier alpha value is -2.49. The van der Waals surface area contributed by atoms with E-state index >= 15 is 0 Å². The van der Waals surface area contributed by atoms with Gasteiger partial charge in [-0.1, -0.05) is 32.0 Å². The minimum Gasteiger partial charge on any atom is -0.397 e. The molecule has 0 spiro atoms. The van der Waals surface area contributed by atoms with Crippen LogP contribution in [-0.2, 0) is 12.8 Å². The molecule has 110 valence electrons. The van der Waals surface area contributed by atoms with Gasteiger partial charge >= 0.3 is 0 Å². The molecule has 0 atom stereocenters. The molecule has 2 aromatic rings. The number of para-hydroxylation sites is 1. The molecule has 4 heteroatoms. The van der Waals surface area contributed by atoms with Crippen LogP contribution >= 0.6 is 0 Å². The summed E-state index contributed by atoms with van der Waals surface area (Å²) in [4.78, 5) is 11.3. The highest BCUT2D eigenvalue weighted by Gasteiger charge is 2.10. The molecule has 0 fully saturated rings. The molecule has 0 saturated carbocycles. The maximum absolute atomic E-state index is 11.3. The highest BCUT2D eigenvalue weighted by atomic mass is 16.1. The molecule has 0 unspecified atom stereocenters. The number of aryl methyl sites for hydroxylation is 2. The lowest BCUT2D eigenvalue weighted by molar-refractivity contribution is 0.100. The van der Waals surface area contributed by atoms with Crippen molar-refractivity contribution >= 4 is 23.0 Å². The molecule has 0 saturated heterocycles. The van der Waals surface area contributed by atoms with Crippen molar-refractivity contribution in [3.8, 4) is 0 Å². The predicted octanol–water partition coefficient (Wildman–Crippen LogP) is 3.24. The molecule has 0 aromatic heterocycles. The average molecular weight is 283 g/mol. The van der Waals surface area contributed by atoms with Crippen LogP contribution in [0, 0.1) is 0 Å². The van der Waals surface area contributed by atoms with E-state index in [-0.39, 0.29) is 0 Å². The SMILES string of the molecule is CCc1cccc(CC)c1Nc1cc(C(N)=O)ccc1N. The maximum atomic E-state index is 11.3. The fraction of sp³-hybridized carbons (Fsp3) is 0.235. The van der Waals surface area contributed by atoms with Gasteiger partial charge in [0.1, 0.15) is 0 Å². The first-order valence-electron chi connectivity index (χ1n) is 7.13. The van der Waals surface area contributed by atoms with Crippen molar-refractivity contribution in [3.63, 3.8) is 0 Å². The van der Waals surface area contributed by atoms with E-state index in [1.54, 1.807) is 18.2 Å². The van der Waals surface area contributed by atoms with Gasteiger partial charge < -0.3 is 16.8 Å². The number of primary amides is 1. The third-order valence-electron chi connectivity index (χ3n) is 3.60. The zero-order valence-corrected chi connectivity index (χ0v) is 12.4. The number of carbonyl (C=O) groups is 1. The van der Waals surface area contributed by atoms with Crippen LogP contribution in [0.4, 0.5) is 17.1 Å². The Balaban J connectivity index is 2.47. The Morgan fingerprint density at radius 2 is 1.71 bits per heavy atom. The zero-order valence-electron chi connectivity index (χ0n) is 12.4. The average Bonchev–Trinajstić information content (AvgIpc) is 2.49. The topological polar surface area (TPSA) is 81.1 Å². The van der Waals surface area contributed by atoms with Crippen LogP contribution in [0.5, 0.6) is 0 Å². The number of anilines is 3. The minimum absolute atomic E-state index is 0.443. The van der Waals surface area contributed by atoms with Crippen LogP contribution in [0.2, 0.25) is 0 Å². The fourth-order valence-electron chi connectivity index (χ4n) is 2.36. The van der Waals surface area contributed by atoms with Gasteiger partial charge in [-0.2, -0.15) is 0 Å². The lowest BCUT2D eigenvalue weighted by atomic mass is 10.0. The van der Waals surface area contributed by atoms with Gasteiger partial charge in [0, 0.05) is 11.3 Å².